The van der Waals surface area contributed by atoms with Gasteiger partial charge >= 0.3 is 0 Å². The smallest absolute Gasteiger partial charge is 0.0244 e. The van der Waals surface area contributed by atoms with Crippen molar-refractivity contribution in [3.63, 3.8) is 0 Å². The molecule has 1 aromatic rings. The molecule has 1 rings (SSSR count). The van der Waals surface area contributed by atoms with Gasteiger partial charge in [-0.15, -0.1) is 0 Å². The number of rotatable bonds is 7. The molecule has 2 nitrogen and oxygen atoms in total. The van der Waals surface area contributed by atoms with E-state index in [-0.39, 0.29) is 0 Å². The molecular weight excluding hydrogens is 276 g/mol. The van der Waals surface area contributed by atoms with Crippen molar-refractivity contribution in [2.45, 2.75) is 33.4 Å². The molecule has 17 heavy (non-hydrogen) atoms. The number of halogens is 1. The van der Waals surface area contributed by atoms with Crippen molar-refractivity contribution in [3.8, 4) is 0 Å². The molecule has 0 heterocycles. The molecular formula is C14H23BrN2. The lowest BCUT2D eigenvalue weighted by Gasteiger charge is -2.20. The van der Waals surface area contributed by atoms with Gasteiger partial charge in [-0.3, -0.25) is 4.90 Å². The molecule has 0 atom stereocenters. The summed E-state index contributed by atoms with van der Waals surface area (Å²) in [5.74, 6) is 0. The van der Waals surface area contributed by atoms with Crippen LogP contribution in [0.15, 0.2) is 22.7 Å². The predicted molar refractivity (Wildman–Crippen MR) is 78.1 cm³/mol. The van der Waals surface area contributed by atoms with Crippen molar-refractivity contribution in [3.05, 3.63) is 33.8 Å². The number of nitrogens with one attached hydrogen (secondary N) is 1. The zero-order valence-electron chi connectivity index (χ0n) is 11.1. The molecule has 0 amide bonds. The average Bonchev–Trinajstić information content (AvgIpc) is 2.32. The van der Waals surface area contributed by atoms with Gasteiger partial charge in [0, 0.05) is 17.6 Å². The van der Waals surface area contributed by atoms with E-state index >= 15 is 0 Å². The lowest BCUT2D eigenvalue weighted by atomic mass is 10.1. The van der Waals surface area contributed by atoms with Crippen molar-refractivity contribution in [2.75, 3.05) is 20.1 Å². The van der Waals surface area contributed by atoms with Gasteiger partial charge in [0.05, 0.1) is 0 Å². The third-order valence-electron chi connectivity index (χ3n) is 2.88. The van der Waals surface area contributed by atoms with Crippen LogP contribution in [-0.2, 0) is 13.1 Å². The summed E-state index contributed by atoms with van der Waals surface area (Å²) in [5, 5.41) is 3.17. The van der Waals surface area contributed by atoms with Gasteiger partial charge in [0.15, 0.2) is 0 Å². The number of hydrogen-bond donors (Lipinski definition) is 1. The first kappa shape index (κ1) is 14.7. The first-order valence-electron chi connectivity index (χ1n) is 6.35. The van der Waals surface area contributed by atoms with Gasteiger partial charge in [-0.25, -0.2) is 0 Å². The average molecular weight is 299 g/mol. The van der Waals surface area contributed by atoms with Crippen LogP contribution in [0.1, 0.15) is 31.4 Å². The Kier molecular flexibility index (Phi) is 6.78. The van der Waals surface area contributed by atoms with Crippen LogP contribution in [0.5, 0.6) is 0 Å². The molecule has 0 bridgehead atoms. The summed E-state index contributed by atoms with van der Waals surface area (Å²) in [6.45, 7) is 8.68. The van der Waals surface area contributed by atoms with Gasteiger partial charge in [-0.05, 0) is 43.8 Å². The van der Waals surface area contributed by atoms with Crippen molar-refractivity contribution in [1.82, 2.24) is 10.2 Å². The second kappa shape index (κ2) is 7.85. The fourth-order valence-corrected chi connectivity index (χ4v) is 2.49. The first-order valence-corrected chi connectivity index (χ1v) is 7.14. The Morgan fingerprint density at radius 2 is 2.06 bits per heavy atom. The van der Waals surface area contributed by atoms with E-state index in [1.54, 1.807) is 0 Å². The molecule has 96 valence electrons. The highest BCUT2D eigenvalue weighted by molar-refractivity contribution is 9.10. The molecule has 1 aromatic carbocycles. The van der Waals surface area contributed by atoms with E-state index in [0.29, 0.717) is 0 Å². The van der Waals surface area contributed by atoms with E-state index in [4.69, 9.17) is 0 Å². The molecule has 0 saturated carbocycles. The van der Waals surface area contributed by atoms with Crippen LogP contribution >= 0.6 is 15.9 Å². The molecule has 0 unspecified atom stereocenters. The Balaban J connectivity index is 2.70. The number of benzene rings is 1. The maximum Gasteiger partial charge on any atom is 0.0244 e. The van der Waals surface area contributed by atoms with Crippen LogP contribution < -0.4 is 5.32 Å². The van der Waals surface area contributed by atoms with E-state index < -0.39 is 0 Å². The van der Waals surface area contributed by atoms with Gasteiger partial charge in [0.1, 0.15) is 0 Å². The van der Waals surface area contributed by atoms with E-state index in [1.807, 2.05) is 7.05 Å². The minimum atomic E-state index is 0.922. The molecule has 0 aliphatic rings. The maximum absolute atomic E-state index is 3.67. The van der Waals surface area contributed by atoms with E-state index in [9.17, 15) is 0 Å². The van der Waals surface area contributed by atoms with E-state index in [2.05, 4.69) is 58.2 Å². The zero-order chi connectivity index (χ0) is 12.7. The summed E-state index contributed by atoms with van der Waals surface area (Å²) in [6, 6.07) is 6.65. The summed E-state index contributed by atoms with van der Waals surface area (Å²) in [6.07, 6.45) is 1.21. The molecule has 3 heteroatoms. The topological polar surface area (TPSA) is 15.3 Å². The quantitative estimate of drug-likeness (QED) is 0.830. The summed E-state index contributed by atoms with van der Waals surface area (Å²) in [4.78, 5) is 2.47. The maximum atomic E-state index is 3.67. The highest BCUT2D eigenvalue weighted by Crippen LogP contribution is 2.20. The molecule has 0 saturated heterocycles. The monoisotopic (exact) mass is 298 g/mol. The van der Waals surface area contributed by atoms with Gasteiger partial charge in [-0.2, -0.15) is 0 Å². The fourth-order valence-electron chi connectivity index (χ4n) is 1.94. The van der Waals surface area contributed by atoms with Gasteiger partial charge in [-0.1, -0.05) is 41.9 Å². The Labute approximate surface area is 114 Å². The largest absolute Gasteiger partial charge is 0.316 e. The van der Waals surface area contributed by atoms with Crippen molar-refractivity contribution < 1.29 is 0 Å². The van der Waals surface area contributed by atoms with Crippen LogP contribution in [0, 0.1) is 0 Å². The minimum absolute atomic E-state index is 0.922. The standard InChI is InChI=1S/C14H23BrN2/c1-4-8-17(5-2)11-13-7-6-12(10-16-3)9-14(13)15/h6-7,9,16H,4-5,8,10-11H2,1-3H3. The highest BCUT2D eigenvalue weighted by Gasteiger charge is 2.06. The molecule has 0 spiro atoms. The van der Waals surface area contributed by atoms with Gasteiger partial charge in [0.2, 0.25) is 0 Å². The molecule has 0 fully saturated rings. The molecule has 1 N–H and O–H groups in total. The summed E-state index contributed by atoms with van der Waals surface area (Å²) in [7, 11) is 1.97. The zero-order valence-corrected chi connectivity index (χ0v) is 12.7. The Hall–Kier alpha value is -0.380. The first-order chi connectivity index (χ1) is 8.21. The number of nitrogens with zero attached hydrogens (tertiary/aromatic N) is 1. The second-order valence-corrected chi connectivity index (χ2v) is 5.18. The summed E-state index contributed by atoms with van der Waals surface area (Å²) < 4.78 is 1.22. The second-order valence-electron chi connectivity index (χ2n) is 4.32. The van der Waals surface area contributed by atoms with Gasteiger partial charge in [0.25, 0.3) is 0 Å². The molecule has 0 aliphatic carbocycles. The van der Waals surface area contributed by atoms with Crippen LogP contribution in [0.2, 0.25) is 0 Å². The number of hydrogen-bond acceptors (Lipinski definition) is 2. The van der Waals surface area contributed by atoms with Crippen molar-refractivity contribution in [1.29, 1.82) is 0 Å². The summed E-state index contributed by atoms with van der Waals surface area (Å²) in [5.41, 5.74) is 2.70. The third-order valence-corrected chi connectivity index (χ3v) is 3.62. The van der Waals surface area contributed by atoms with E-state index in [0.717, 1.165) is 19.6 Å². The molecule has 0 aromatic heterocycles. The predicted octanol–water partition coefficient (Wildman–Crippen LogP) is 3.40. The van der Waals surface area contributed by atoms with Crippen LogP contribution in [0.3, 0.4) is 0 Å². The van der Waals surface area contributed by atoms with Gasteiger partial charge < -0.3 is 5.32 Å². The fraction of sp³-hybridized carbons (Fsp3) is 0.571. The minimum Gasteiger partial charge on any atom is -0.316 e. The van der Waals surface area contributed by atoms with Crippen LogP contribution in [0.25, 0.3) is 0 Å². The lowest BCUT2D eigenvalue weighted by molar-refractivity contribution is 0.280. The van der Waals surface area contributed by atoms with E-state index in [1.165, 1.54) is 28.6 Å². The lowest BCUT2D eigenvalue weighted by Crippen LogP contribution is -2.23. The highest BCUT2D eigenvalue weighted by atomic mass is 79.9. The molecule has 0 radical (unpaired) electrons. The third kappa shape index (κ3) is 4.78. The Morgan fingerprint density at radius 3 is 2.59 bits per heavy atom. The summed E-state index contributed by atoms with van der Waals surface area (Å²) >= 11 is 3.67. The Morgan fingerprint density at radius 1 is 1.29 bits per heavy atom. The Bertz CT molecular complexity index is 339. The molecule has 0 aliphatic heterocycles. The van der Waals surface area contributed by atoms with Crippen molar-refractivity contribution >= 4 is 15.9 Å². The SMILES string of the molecule is CCCN(CC)Cc1ccc(CNC)cc1Br. The normalized spacial score (nSPS) is 11.1. The van der Waals surface area contributed by atoms with Crippen LogP contribution in [0.4, 0.5) is 0 Å². The van der Waals surface area contributed by atoms with Crippen molar-refractivity contribution in [2.24, 2.45) is 0 Å². The van der Waals surface area contributed by atoms with Crippen LogP contribution in [-0.4, -0.2) is 25.0 Å².